The molecule has 0 unspecified atom stereocenters. The van der Waals surface area contributed by atoms with E-state index in [0.717, 1.165) is 22.9 Å². The molecule has 0 aliphatic heterocycles. The second kappa shape index (κ2) is 12.1. The SMILES string of the molecule is C=CC(=O)Oc1ccc(CCC(=O)Oc2ccc3cc(OC(=O)C(=C)C)ccc3c2)cc1OC(=O)C=C. The molecule has 0 N–H and O–H groups in total. The van der Waals surface area contributed by atoms with Gasteiger partial charge in [0.05, 0.1) is 0 Å². The number of rotatable bonds is 10. The number of carbonyl (C=O) groups excluding carboxylic acids is 4. The molecule has 8 nitrogen and oxygen atoms in total. The lowest BCUT2D eigenvalue weighted by Crippen LogP contribution is -2.10. The fourth-order valence-corrected chi connectivity index (χ4v) is 3.12. The van der Waals surface area contributed by atoms with E-state index < -0.39 is 23.9 Å². The lowest BCUT2D eigenvalue weighted by atomic mass is 10.1. The highest BCUT2D eigenvalue weighted by atomic mass is 16.6. The Kier molecular flexibility index (Phi) is 8.72. The third-order valence-electron chi connectivity index (χ3n) is 4.95. The van der Waals surface area contributed by atoms with Gasteiger partial charge in [-0.3, -0.25) is 4.79 Å². The van der Waals surface area contributed by atoms with Crippen LogP contribution in [0, 0.1) is 0 Å². The zero-order valence-electron chi connectivity index (χ0n) is 20.2. The maximum atomic E-state index is 12.5. The van der Waals surface area contributed by atoms with E-state index in [1.165, 1.54) is 12.1 Å². The van der Waals surface area contributed by atoms with Crippen LogP contribution in [0.4, 0.5) is 0 Å². The summed E-state index contributed by atoms with van der Waals surface area (Å²) in [6.45, 7) is 11.8. The van der Waals surface area contributed by atoms with Gasteiger partial charge in [-0.15, -0.1) is 0 Å². The summed E-state index contributed by atoms with van der Waals surface area (Å²) in [4.78, 5) is 47.4. The van der Waals surface area contributed by atoms with Gasteiger partial charge < -0.3 is 18.9 Å². The Bertz CT molecular complexity index is 1420. The van der Waals surface area contributed by atoms with E-state index >= 15 is 0 Å². The quantitative estimate of drug-likeness (QED) is 0.217. The minimum Gasteiger partial charge on any atom is -0.426 e. The maximum absolute atomic E-state index is 12.5. The Morgan fingerprint density at radius 2 is 1.30 bits per heavy atom. The molecule has 0 heterocycles. The second-order valence-corrected chi connectivity index (χ2v) is 7.85. The number of benzene rings is 3. The predicted molar refractivity (Wildman–Crippen MR) is 136 cm³/mol. The van der Waals surface area contributed by atoms with E-state index in [1.54, 1.807) is 49.4 Å². The summed E-state index contributed by atoms with van der Waals surface area (Å²) in [6, 6.07) is 14.8. The van der Waals surface area contributed by atoms with Crippen LogP contribution in [0.15, 0.2) is 92.1 Å². The first-order valence-electron chi connectivity index (χ1n) is 11.1. The molecule has 3 rings (SSSR count). The van der Waals surface area contributed by atoms with Gasteiger partial charge in [0.15, 0.2) is 11.5 Å². The summed E-state index contributed by atoms with van der Waals surface area (Å²) in [5, 5.41) is 1.59. The van der Waals surface area contributed by atoms with E-state index in [0.29, 0.717) is 22.6 Å². The highest BCUT2D eigenvalue weighted by Crippen LogP contribution is 2.30. The van der Waals surface area contributed by atoms with Crippen molar-refractivity contribution in [3.8, 4) is 23.0 Å². The first-order valence-corrected chi connectivity index (χ1v) is 11.1. The van der Waals surface area contributed by atoms with Crippen LogP contribution in [0.25, 0.3) is 10.8 Å². The van der Waals surface area contributed by atoms with Gasteiger partial charge in [-0.25, -0.2) is 14.4 Å². The third-order valence-corrected chi connectivity index (χ3v) is 4.95. The molecule has 0 fully saturated rings. The van der Waals surface area contributed by atoms with Gasteiger partial charge in [0.1, 0.15) is 11.5 Å². The number of carbonyl (C=O) groups is 4. The molecule has 0 aromatic heterocycles. The smallest absolute Gasteiger partial charge is 0.338 e. The predicted octanol–water partition coefficient (Wildman–Crippen LogP) is 5.04. The van der Waals surface area contributed by atoms with Crippen LogP contribution in [0.1, 0.15) is 18.9 Å². The number of ether oxygens (including phenoxy) is 4. The topological polar surface area (TPSA) is 105 Å². The molecule has 3 aromatic carbocycles. The summed E-state index contributed by atoms with van der Waals surface area (Å²) in [5.41, 5.74) is 0.945. The van der Waals surface area contributed by atoms with Gasteiger partial charge in [-0.2, -0.15) is 0 Å². The van der Waals surface area contributed by atoms with Crippen molar-refractivity contribution in [2.24, 2.45) is 0 Å². The molecule has 3 aromatic rings. The lowest BCUT2D eigenvalue weighted by Gasteiger charge is -2.11. The average molecular weight is 501 g/mol. The molecule has 188 valence electrons. The normalized spacial score (nSPS) is 10.2. The maximum Gasteiger partial charge on any atom is 0.338 e. The van der Waals surface area contributed by atoms with Gasteiger partial charge in [0.2, 0.25) is 0 Å². The van der Waals surface area contributed by atoms with Crippen molar-refractivity contribution in [2.45, 2.75) is 19.8 Å². The van der Waals surface area contributed by atoms with Crippen molar-refractivity contribution in [1.29, 1.82) is 0 Å². The summed E-state index contributed by atoms with van der Waals surface area (Å²) >= 11 is 0. The second-order valence-electron chi connectivity index (χ2n) is 7.85. The molecule has 0 radical (unpaired) electrons. The van der Waals surface area contributed by atoms with Gasteiger partial charge in [-0.05, 0) is 66.1 Å². The van der Waals surface area contributed by atoms with Gasteiger partial charge >= 0.3 is 23.9 Å². The third kappa shape index (κ3) is 7.50. The van der Waals surface area contributed by atoms with Crippen LogP contribution >= 0.6 is 0 Å². The molecular formula is C29H24O8. The lowest BCUT2D eigenvalue weighted by molar-refractivity contribution is -0.134. The van der Waals surface area contributed by atoms with E-state index in [2.05, 4.69) is 19.7 Å². The molecule has 0 amide bonds. The molecular weight excluding hydrogens is 476 g/mol. The molecule has 0 saturated carbocycles. The number of esters is 4. The summed E-state index contributed by atoms with van der Waals surface area (Å²) in [5.74, 6) is -1.66. The highest BCUT2D eigenvalue weighted by molar-refractivity contribution is 5.91. The first kappa shape index (κ1) is 26.6. The van der Waals surface area contributed by atoms with E-state index in [1.807, 2.05) is 0 Å². The minimum absolute atomic E-state index is 0.00814. The fourth-order valence-electron chi connectivity index (χ4n) is 3.12. The van der Waals surface area contributed by atoms with Crippen molar-refractivity contribution < 1.29 is 38.1 Å². The van der Waals surface area contributed by atoms with Crippen LogP contribution in [0.3, 0.4) is 0 Å². The fraction of sp³-hybridized carbons (Fsp3) is 0.103. The Hall–Kier alpha value is -4.98. The van der Waals surface area contributed by atoms with Crippen molar-refractivity contribution >= 4 is 34.6 Å². The number of hydrogen-bond donors (Lipinski definition) is 0. The van der Waals surface area contributed by atoms with Crippen LogP contribution in [-0.4, -0.2) is 23.9 Å². The van der Waals surface area contributed by atoms with E-state index in [-0.39, 0.29) is 24.3 Å². The highest BCUT2D eigenvalue weighted by Gasteiger charge is 2.14. The molecule has 37 heavy (non-hydrogen) atoms. The first-order chi connectivity index (χ1) is 17.7. The Morgan fingerprint density at radius 1 is 0.730 bits per heavy atom. The average Bonchev–Trinajstić information content (AvgIpc) is 2.88. The summed E-state index contributed by atoms with van der Waals surface area (Å²) < 4.78 is 20.9. The molecule has 0 saturated heterocycles. The van der Waals surface area contributed by atoms with Crippen molar-refractivity contribution in [3.63, 3.8) is 0 Å². The van der Waals surface area contributed by atoms with E-state index in [9.17, 15) is 19.2 Å². The van der Waals surface area contributed by atoms with Crippen LogP contribution in [0.5, 0.6) is 23.0 Å². The van der Waals surface area contributed by atoms with Crippen molar-refractivity contribution in [2.75, 3.05) is 0 Å². The Balaban J connectivity index is 1.65. The van der Waals surface area contributed by atoms with Gasteiger partial charge in [0.25, 0.3) is 0 Å². The summed E-state index contributed by atoms with van der Waals surface area (Å²) in [6.07, 6.45) is 2.27. The van der Waals surface area contributed by atoms with Crippen molar-refractivity contribution in [3.05, 3.63) is 97.6 Å². The summed E-state index contributed by atoms with van der Waals surface area (Å²) in [7, 11) is 0. The molecule has 0 atom stereocenters. The number of aryl methyl sites for hydroxylation is 1. The van der Waals surface area contributed by atoms with E-state index in [4.69, 9.17) is 18.9 Å². The van der Waals surface area contributed by atoms with Crippen LogP contribution in [-0.2, 0) is 25.6 Å². The Labute approximate surface area is 213 Å². The van der Waals surface area contributed by atoms with Crippen LogP contribution < -0.4 is 18.9 Å². The zero-order valence-corrected chi connectivity index (χ0v) is 20.2. The molecule has 0 bridgehead atoms. The Morgan fingerprint density at radius 3 is 1.86 bits per heavy atom. The molecule has 0 spiro atoms. The monoisotopic (exact) mass is 500 g/mol. The van der Waals surface area contributed by atoms with Gasteiger partial charge in [0, 0.05) is 24.1 Å². The molecule has 8 heteroatoms. The molecule has 0 aliphatic rings. The van der Waals surface area contributed by atoms with Crippen molar-refractivity contribution in [1.82, 2.24) is 0 Å². The largest absolute Gasteiger partial charge is 0.426 e. The number of hydrogen-bond acceptors (Lipinski definition) is 8. The molecule has 0 aliphatic carbocycles. The standard InChI is InChI=1S/C29H24O8/c1-5-26(30)36-24-13-7-19(15-25(24)37-27(31)6-2)8-14-28(32)34-22-11-9-21-17-23(12-10-20(21)16-22)35-29(33)18(3)4/h5-7,9-13,15-17H,1-3,8,14H2,4H3. The van der Waals surface area contributed by atoms with Gasteiger partial charge in [-0.1, -0.05) is 37.9 Å². The van der Waals surface area contributed by atoms with Crippen LogP contribution in [0.2, 0.25) is 0 Å². The zero-order chi connectivity index (χ0) is 26.9. The minimum atomic E-state index is -0.732. The number of fused-ring (bicyclic) bond motifs is 1.